The highest BCUT2D eigenvalue weighted by Crippen LogP contribution is 2.27. The van der Waals surface area contributed by atoms with Crippen LogP contribution in [0.25, 0.3) is 22.8 Å². The van der Waals surface area contributed by atoms with Gasteiger partial charge in [0, 0.05) is 11.1 Å². The van der Waals surface area contributed by atoms with Crippen LogP contribution in [0.2, 0.25) is 0 Å². The summed E-state index contributed by atoms with van der Waals surface area (Å²) in [6, 6.07) is 9.46. The van der Waals surface area contributed by atoms with E-state index in [4.69, 9.17) is 4.52 Å². The summed E-state index contributed by atoms with van der Waals surface area (Å²) < 4.78 is 18.6. The maximum atomic E-state index is 13.3. The fourth-order valence-electron chi connectivity index (χ4n) is 2.07. The molecule has 3 aromatic rings. The van der Waals surface area contributed by atoms with E-state index in [1.54, 1.807) is 31.2 Å². The molecule has 0 aliphatic rings. The van der Waals surface area contributed by atoms with E-state index >= 15 is 0 Å². The predicted molar refractivity (Wildman–Crippen MR) is 76.3 cm³/mol. The maximum absolute atomic E-state index is 13.3. The Labute approximate surface area is 120 Å². The van der Waals surface area contributed by atoms with Crippen molar-refractivity contribution in [2.45, 2.75) is 13.8 Å². The molecule has 1 N–H and O–H groups in total. The average molecular weight is 284 g/mol. The number of benzene rings is 2. The van der Waals surface area contributed by atoms with Gasteiger partial charge in [-0.3, -0.25) is 0 Å². The molecule has 0 unspecified atom stereocenters. The molecule has 4 nitrogen and oxygen atoms in total. The second kappa shape index (κ2) is 5.01. The number of aromatic nitrogens is 2. The molecule has 0 fully saturated rings. The van der Waals surface area contributed by atoms with Gasteiger partial charge >= 0.3 is 0 Å². The number of aromatic hydroxyl groups is 1. The van der Waals surface area contributed by atoms with Gasteiger partial charge in [-0.2, -0.15) is 4.98 Å². The zero-order valence-corrected chi connectivity index (χ0v) is 11.6. The third-order valence-electron chi connectivity index (χ3n) is 3.31. The summed E-state index contributed by atoms with van der Waals surface area (Å²) in [4.78, 5) is 4.30. The van der Waals surface area contributed by atoms with E-state index in [0.29, 0.717) is 28.4 Å². The molecule has 2 aromatic carbocycles. The fourth-order valence-corrected chi connectivity index (χ4v) is 2.07. The van der Waals surface area contributed by atoms with Crippen molar-refractivity contribution in [3.05, 3.63) is 53.3 Å². The van der Waals surface area contributed by atoms with Crippen molar-refractivity contribution in [1.82, 2.24) is 10.1 Å². The van der Waals surface area contributed by atoms with Crippen LogP contribution in [0.1, 0.15) is 11.1 Å². The van der Waals surface area contributed by atoms with Crippen LogP contribution in [-0.2, 0) is 0 Å². The zero-order chi connectivity index (χ0) is 15.0. The molecule has 0 spiro atoms. The average Bonchev–Trinajstić information content (AvgIpc) is 2.94. The van der Waals surface area contributed by atoms with Crippen molar-refractivity contribution in [2.75, 3.05) is 0 Å². The Hall–Kier alpha value is -2.69. The third-order valence-corrected chi connectivity index (χ3v) is 3.31. The molecular weight excluding hydrogens is 271 g/mol. The molecule has 0 bridgehead atoms. The molecule has 106 valence electrons. The number of phenols is 1. The van der Waals surface area contributed by atoms with E-state index in [1.165, 1.54) is 12.1 Å². The summed E-state index contributed by atoms with van der Waals surface area (Å²) >= 11 is 0. The van der Waals surface area contributed by atoms with Crippen LogP contribution in [0.5, 0.6) is 5.75 Å². The first-order valence-corrected chi connectivity index (χ1v) is 6.45. The van der Waals surface area contributed by atoms with E-state index in [-0.39, 0.29) is 11.6 Å². The van der Waals surface area contributed by atoms with Gasteiger partial charge in [-0.1, -0.05) is 11.2 Å². The molecule has 1 heterocycles. The molecule has 21 heavy (non-hydrogen) atoms. The van der Waals surface area contributed by atoms with Crippen molar-refractivity contribution in [3.63, 3.8) is 0 Å². The van der Waals surface area contributed by atoms with Crippen molar-refractivity contribution in [3.8, 4) is 28.6 Å². The molecule has 0 saturated carbocycles. The Morgan fingerprint density at radius 3 is 2.62 bits per heavy atom. The van der Waals surface area contributed by atoms with Crippen LogP contribution in [0.3, 0.4) is 0 Å². The lowest BCUT2D eigenvalue weighted by Gasteiger charge is -2.00. The standard InChI is InChI=1S/C16H13FN2O2/c1-9-3-5-12(17)8-13(9)15-18-16(21-19-15)11-4-6-14(20)10(2)7-11/h3-8,20H,1-2H3. The fraction of sp³-hybridized carbons (Fsp3) is 0.125. The third kappa shape index (κ3) is 2.50. The lowest BCUT2D eigenvalue weighted by Crippen LogP contribution is -1.87. The molecule has 1 aromatic heterocycles. The van der Waals surface area contributed by atoms with Crippen LogP contribution >= 0.6 is 0 Å². The summed E-state index contributed by atoms with van der Waals surface area (Å²) in [7, 11) is 0. The number of phenolic OH excluding ortho intramolecular Hbond substituents is 1. The van der Waals surface area contributed by atoms with Gasteiger partial charge in [-0.15, -0.1) is 0 Å². The van der Waals surface area contributed by atoms with Crippen LogP contribution in [0, 0.1) is 19.7 Å². The smallest absolute Gasteiger partial charge is 0.258 e. The number of hydrogen-bond donors (Lipinski definition) is 1. The first kappa shape index (κ1) is 13.3. The summed E-state index contributed by atoms with van der Waals surface area (Å²) in [6.45, 7) is 3.64. The monoisotopic (exact) mass is 284 g/mol. The molecular formula is C16H13FN2O2. The minimum Gasteiger partial charge on any atom is -0.508 e. The van der Waals surface area contributed by atoms with Gasteiger partial charge < -0.3 is 9.63 Å². The SMILES string of the molecule is Cc1cc(-c2nc(-c3cc(F)ccc3C)no2)ccc1O. The van der Waals surface area contributed by atoms with Crippen LogP contribution in [0.4, 0.5) is 4.39 Å². The highest BCUT2D eigenvalue weighted by Gasteiger charge is 2.13. The minimum atomic E-state index is -0.345. The van der Waals surface area contributed by atoms with E-state index in [1.807, 2.05) is 6.92 Å². The van der Waals surface area contributed by atoms with Crippen molar-refractivity contribution in [1.29, 1.82) is 0 Å². The van der Waals surface area contributed by atoms with E-state index in [2.05, 4.69) is 10.1 Å². The van der Waals surface area contributed by atoms with Crippen LogP contribution in [0.15, 0.2) is 40.9 Å². The zero-order valence-electron chi connectivity index (χ0n) is 11.6. The minimum absolute atomic E-state index is 0.208. The summed E-state index contributed by atoms with van der Waals surface area (Å²) in [5.74, 6) is 0.534. The van der Waals surface area contributed by atoms with Gasteiger partial charge in [-0.25, -0.2) is 4.39 Å². The van der Waals surface area contributed by atoms with E-state index < -0.39 is 0 Å². The van der Waals surface area contributed by atoms with Crippen molar-refractivity contribution in [2.24, 2.45) is 0 Å². The van der Waals surface area contributed by atoms with Crippen LogP contribution < -0.4 is 0 Å². The van der Waals surface area contributed by atoms with Crippen LogP contribution in [-0.4, -0.2) is 15.2 Å². The summed E-state index contributed by atoms with van der Waals surface area (Å²) in [5.41, 5.74) is 2.89. The first-order valence-electron chi connectivity index (χ1n) is 6.45. The lowest BCUT2D eigenvalue weighted by atomic mass is 10.1. The number of rotatable bonds is 2. The summed E-state index contributed by atoms with van der Waals surface area (Å²) in [6.07, 6.45) is 0. The number of hydrogen-bond acceptors (Lipinski definition) is 4. The molecule has 0 atom stereocenters. The number of halogens is 1. The quantitative estimate of drug-likeness (QED) is 0.776. The van der Waals surface area contributed by atoms with Gasteiger partial charge in [0.25, 0.3) is 5.89 Å². The lowest BCUT2D eigenvalue weighted by molar-refractivity contribution is 0.432. The highest BCUT2D eigenvalue weighted by atomic mass is 19.1. The van der Waals surface area contributed by atoms with Gasteiger partial charge in [0.2, 0.25) is 5.82 Å². The Balaban J connectivity index is 2.03. The van der Waals surface area contributed by atoms with Gasteiger partial charge in [0.05, 0.1) is 0 Å². The Morgan fingerprint density at radius 2 is 1.86 bits per heavy atom. The Morgan fingerprint density at radius 1 is 1.05 bits per heavy atom. The number of aryl methyl sites for hydroxylation is 2. The van der Waals surface area contributed by atoms with Gasteiger partial charge in [-0.05, 0) is 55.3 Å². The summed E-state index contributed by atoms with van der Waals surface area (Å²) in [5, 5.41) is 13.4. The number of nitrogens with zero attached hydrogens (tertiary/aromatic N) is 2. The first-order chi connectivity index (χ1) is 10.0. The Bertz CT molecular complexity index is 812. The largest absolute Gasteiger partial charge is 0.508 e. The second-order valence-electron chi connectivity index (χ2n) is 4.88. The Kier molecular flexibility index (Phi) is 3.17. The molecule has 0 radical (unpaired) electrons. The molecule has 0 aliphatic heterocycles. The maximum Gasteiger partial charge on any atom is 0.258 e. The molecule has 5 heteroatoms. The highest BCUT2D eigenvalue weighted by molar-refractivity contribution is 5.63. The topological polar surface area (TPSA) is 59.2 Å². The predicted octanol–water partition coefficient (Wildman–Crippen LogP) is 3.87. The van der Waals surface area contributed by atoms with Crippen molar-refractivity contribution < 1.29 is 14.0 Å². The molecule has 0 aliphatic carbocycles. The molecule has 0 amide bonds. The molecule has 0 saturated heterocycles. The van der Waals surface area contributed by atoms with Crippen molar-refractivity contribution >= 4 is 0 Å². The normalized spacial score (nSPS) is 10.8. The second-order valence-corrected chi connectivity index (χ2v) is 4.88. The van der Waals surface area contributed by atoms with E-state index in [9.17, 15) is 9.50 Å². The van der Waals surface area contributed by atoms with E-state index in [0.717, 1.165) is 5.56 Å². The molecule has 3 rings (SSSR count). The van der Waals surface area contributed by atoms with Gasteiger partial charge in [0.15, 0.2) is 0 Å². The van der Waals surface area contributed by atoms with Gasteiger partial charge in [0.1, 0.15) is 11.6 Å².